The minimum atomic E-state index is 0.173. The van der Waals surface area contributed by atoms with Crippen LogP contribution in [-0.4, -0.2) is 12.1 Å². The molecule has 0 saturated carbocycles. The standard InChI is InChI=1S/C15H25NS/c1-6-15(5,12-16-14(2,3)4)9-7-13-8-10-17-11-13/h6,8,10-11,16H,1,7,9,12H2,2-5H3. The van der Waals surface area contributed by atoms with Crippen LogP contribution < -0.4 is 5.32 Å². The van der Waals surface area contributed by atoms with Crippen LogP contribution in [0.1, 0.15) is 39.7 Å². The monoisotopic (exact) mass is 251 g/mol. The number of hydrogen-bond acceptors (Lipinski definition) is 2. The molecule has 17 heavy (non-hydrogen) atoms. The van der Waals surface area contributed by atoms with Crippen molar-refractivity contribution in [2.24, 2.45) is 5.41 Å². The highest BCUT2D eigenvalue weighted by atomic mass is 32.1. The third-order valence-electron chi connectivity index (χ3n) is 3.08. The first kappa shape index (κ1) is 14.5. The molecular weight excluding hydrogens is 226 g/mol. The van der Waals surface area contributed by atoms with Gasteiger partial charge in [0.2, 0.25) is 0 Å². The van der Waals surface area contributed by atoms with Crippen LogP contribution in [0.15, 0.2) is 29.5 Å². The largest absolute Gasteiger partial charge is 0.311 e. The van der Waals surface area contributed by atoms with Gasteiger partial charge < -0.3 is 5.32 Å². The van der Waals surface area contributed by atoms with Crippen molar-refractivity contribution in [3.8, 4) is 0 Å². The van der Waals surface area contributed by atoms with Gasteiger partial charge in [-0.3, -0.25) is 0 Å². The zero-order valence-corrected chi connectivity index (χ0v) is 12.4. The van der Waals surface area contributed by atoms with Crippen molar-refractivity contribution in [1.82, 2.24) is 5.32 Å². The topological polar surface area (TPSA) is 12.0 Å². The Hall–Kier alpha value is -0.600. The maximum absolute atomic E-state index is 4.00. The van der Waals surface area contributed by atoms with Gasteiger partial charge in [-0.05, 0) is 61.4 Å². The molecule has 1 nitrogen and oxygen atoms in total. The van der Waals surface area contributed by atoms with Gasteiger partial charge in [0.25, 0.3) is 0 Å². The highest BCUT2D eigenvalue weighted by Crippen LogP contribution is 2.25. The first-order valence-corrected chi connectivity index (χ1v) is 7.19. The van der Waals surface area contributed by atoms with Gasteiger partial charge in [0.05, 0.1) is 0 Å². The Bertz CT molecular complexity index is 334. The molecule has 96 valence electrons. The summed E-state index contributed by atoms with van der Waals surface area (Å²) in [5, 5.41) is 7.96. The molecule has 0 aliphatic carbocycles. The average Bonchev–Trinajstić information content (AvgIpc) is 2.76. The molecule has 1 heterocycles. The molecule has 0 aliphatic heterocycles. The van der Waals surface area contributed by atoms with Crippen molar-refractivity contribution in [3.05, 3.63) is 35.0 Å². The van der Waals surface area contributed by atoms with Crippen LogP contribution in [-0.2, 0) is 6.42 Å². The second-order valence-corrected chi connectivity index (χ2v) is 6.87. The van der Waals surface area contributed by atoms with Gasteiger partial charge in [0.1, 0.15) is 0 Å². The van der Waals surface area contributed by atoms with Crippen LogP contribution in [0.25, 0.3) is 0 Å². The second kappa shape index (κ2) is 5.83. The van der Waals surface area contributed by atoms with Gasteiger partial charge in [-0.2, -0.15) is 11.3 Å². The Balaban J connectivity index is 2.47. The Kier molecular flexibility index (Phi) is 4.96. The van der Waals surface area contributed by atoms with Crippen molar-refractivity contribution in [1.29, 1.82) is 0 Å². The SMILES string of the molecule is C=CC(C)(CCc1ccsc1)CNC(C)(C)C. The molecule has 1 unspecified atom stereocenters. The molecule has 1 aromatic rings. The molecule has 0 aliphatic rings. The third kappa shape index (κ3) is 5.51. The third-order valence-corrected chi connectivity index (χ3v) is 3.81. The summed E-state index contributed by atoms with van der Waals surface area (Å²) in [5.41, 5.74) is 1.79. The lowest BCUT2D eigenvalue weighted by Crippen LogP contribution is -2.42. The van der Waals surface area contributed by atoms with Crippen LogP contribution in [0.5, 0.6) is 0 Å². The molecule has 1 rings (SSSR count). The van der Waals surface area contributed by atoms with Gasteiger partial charge in [0.15, 0.2) is 0 Å². The normalized spacial score (nSPS) is 15.5. The number of rotatable bonds is 6. The molecule has 0 saturated heterocycles. The van der Waals surface area contributed by atoms with Gasteiger partial charge >= 0.3 is 0 Å². The highest BCUT2D eigenvalue weighted by molar-refractivity contribution is 7.07. The summed E-state index contributed by atoms with van der Waals surface area (Å²) in [5.74, 6) is 0. The average molecular weight is 251 g/mol. The van der Waals surface area contributed by atoms with Crippen LogP contribution in [0, 0.1) is 5.41 Å². The number of thiophene rings is 1. The van der Waals surface area contributed by atoms with Crippen LogP contribution in [0.3, 0.4) is 0 Å². The molecular formula is C15H25NS. The smallest absolute Gasteiger partial charge is 0.00968 e. The zero-order chi connectivity index (χ0) is 12.9. The number of nitrogens with one attached hydrogen (secondary N) is 1. The van der Waals surface area contributed by atoms with E-state index in [2.05, 4.69) is 62.5 Å². The van der Waals surface area contributed by atoms with Crippen molar-refractivity contribution >= 4 is 11.3 Å². The minimum absolute atomic E-state index is 0.173. The molecule has 1 N–H and O–H groups in total. The van der Waals surface area contributed by atoms with E-state index >= 15 is 0 Å². The fourth-order valence-corrected chi connectivity index (χ4v) is 2.30. The fourth-order valence-electron chi connectivity index (χ4n) is 1.59. The molecule has 0 radical (unpaired) electrons. The summed E-state index contributed by atoms with van der Waals surface area (Å²) in [4.78, 5) is 0. The van der Waals surface area contributed by atoms with E-state index in [4.69, 9.17) is 0 Å². The summed E-state index contributed by atoms with van der Waals surface area (Å²) in [6.45, 7) is 13.9. The predicted octanol–water partition coefficient (Wildman–Crippen LogP) is 4.26. The van der Waals surface area contributed by atoms with Gasteiger partial charge in [-0.15, -0.1) is 6.58 Å². The molecule has 0 fully saturated rings. The van der Waals surface area contributed by atoms with Crippen LogP contribution in [0.2, 0.25) is 0 Å². The molecule has 1 aromatic heterocycles. The van der Waals surface area contributed by atoms with Crippen LogP contribution >= 0.6 is 11.3 Å². The second-order valence-electron chi connectivity index (χ2n) is 6.09. The number of aryl methyl sites for hydroxylation is 1. The van der Waals surface area contributed by atoms with Crippen molar-refractivity contribution in [2.75, 3.05) is 6.54 Å². The van der Waals surface area contributed by atoms with E-state index in [1.165, 1.54) is 5.56 Å². The number of hydrogen-bond donors (Lipinski definition) is 1. The molecule has 0 spiro atoms. The Morgan fingerprint density at radius 2 is 2.06 bits per heavy atom. The van der Waals surface area contributed by atoms with E-state index in [1.807, 2.05) is 0 Å². The first-order valence-electron chi connectivity index (χ1n) is 6.24. The van der Waals surface area contributed by atoms with E-state index < -0.39 is 0 Å². The van der Waals surface area contributed by atoms with E-state index in [0.717, 1.165) is 19.4 Å². The molecule has 1 atom stereocenters. The lowest BCUT2D eigenvalue weighted by Gasteiger charge is -2.31. The minimum Gasteiger partial charge on any atom is -0.311 e. The Morgan fingerprint density at radius 3 is 2.53 bits per heavy atom. The fraction of sp³-hybridized carbons (Fsp3) is 0.600. The lowest BCUT2D eigenvalue weighted by molar-refractivity contribution is 0.308. The molecule has 0 bridgehead atoms. The first-order chi connectivity index (χ1) is 7.85. The van der Waals surface area contributed by atoms with Crippen molar-refractivity contribution < 1.29 is 0 Å². The van der Waals surface area contributed by atoms with E-state index in [1.54, 1.807) is 11.3 Å². The zero-order valence-electron chi connectivity index (χ0n) is 11.5. The van der Waals surface area contributed by atoms with E-state index in [9.17, 15) is 0 Å². The van der Waals surface area contributed by atoms with E-state index in [0.29, 0.717) is 0 Å². The van der Waals surface area contributed by atoms with Gasteiger partial charge in [-0.25, -0.2) is 0 Å². The van der Waals surface area contributed by atoms with Gasteiger partial charge in [0, 0.05) is 12.1 Å². The maximum atomic E-state index is 4.00. The van der Waals surface area contributed by atoms with Crippen molar-refractivity contribution in [3.63, 3.8) is 0 Å². The lowest BCUT2D eigenvalue weighted by atomic mass is 9.84. The summed E-state index contributed by atoms with van der Waals surface area (Å²) in [7, 11) is 0. The van der Waals surface area contributed by atoms with Crippen LogP contribution in [0.4, 0.5) is 0 Å². The summed E-state index contributed by atoms with van der Waals surface area (Å²) in [6, 6.07) is 2.21. The molecule has 0 aromatic carbocycles. The highest BCUT2D eigenvalue weighted by Gasteiger charge is 2.22. The Morgan fingerprint density at radius 1 is 1.35 bits per heavy atom. The summed E-state index contributed by atoms with van der Waals surface area (Å²) >= 11 is 1.77. The van der Waals surface area contributed by atoms with E-state index in [-0.39, 0.29) is 11.0 Å². The van der Waals surface area contributed by atoms with Crippen molar-refractivity contribution in [2.45, 2.75) is 46.1 Å². The predicted molar refractivity (Wildman–Crippen MR) is 78.7 cm³/mol. The quantitative estimate of drug-likeness (QED) is 0.745. The molecule has 2 heteroatoms. The summed E-state index contributed by atoms with van der Waals surface area (Å²) in [6.07, 6.45) is 4.38. The summed E-state index contributed by atoms with van der Waals surface area (Å²) < 4.78 is 0. The van der Waals surface area contributed by atoms with Gasteiger partial charge in [-0.1, -0.05) is 13.0 Å². The molecule has 0 amide bonds. The Labute approximate surface area is 110 Å². The maximum Gasteiger partial charge on any atom is 0.00968 e.